The van der Waals surface area contributed by atoms with Crippen molar-refractivity contribution in [3.63, 3.8) is 0 Å². The Hall–Kier alpha value is -1.49. The van der Waals surface area contributed by atoms with E-state index < -0.39 is 5.97 Å². The molecule has 0 saturated heterocycles. The number of benzene rings is 1. The summed E-state index contributed by atoms with van der Waals surface area (Å²) in [5.41, 5.74) is 0.915. The summed E-state index contributed by atoms with van der Waals surface area (Å²) in [6, 6.07) is 4.83. The summed E-state index contributed by atoms with van der Waals surface area (Å²) in [4.78, 5) is 23.9. The normalized spacial score (nSPS) is 9.94. The zero-order chi connectivity index (χ0) is 13.5. The van der Waals surface area contributed by atoms with Crippen LogP contribution >= 0.6 is 11.8 Å². The second-order valence-corrected chi connectivity index (χ2v) is 4.66. The molecule has 0 spiro atoms. The molecule has 0 bridgehead atoms. The first-order chi connectivity index (χ1) is 8.63. The maximum Gasteiger partial charge on any atom is 0.339 e. The molecule has 0 unspecified atom stereocenters. The van der Waals surface area contributed by atoms with Gasteiger partial charge in [0.05, 0.1) is 24.8 Å². The maximum absolute atomic E-state index is 11.7. The van der Waals surface area contributed by atoms with Crippen molar-refractivity contribution in [2.45, 2.75) is 18.7 Å². The molecule has 0 atom stereocenters. The van der Waals surface area contributed by atoms with E-state index in [1.807, 2.05) is 6.92 Å². The van der Waals surface area contributed by atoms with Gasteiger partial charge in [0.15, 0.2) is 0 Å². The summed E-state index contributed by atoms with van der Waals surface area (Å²) >= 11 is 1.49. The van der Waals surface area contributed by atoms with E-state index in [1.165, 1.54) is 18.9 Å². The van der Waals surface area contributed by atoms with Crippen LogP contribution in [0.2, 0.25) is 0 Å². The predicted molar refractivity (Wildman–Crippen MR) is 70.1 cm³/mol. The van der Waals surface area contributed by atoms with Gasteiger partial charge in [-0.15, -0.1) is 11.8 Å². The highest BCUT2D eigenvalue weighted by Gasteiger charge is 2.15. The Labute approximate surface area is 111 Å². The highest BCUT2D eigenvalue weighted by Crippen LogP contribution is 2.25. The molecule has 0 fully saturated rings. The van der Waals surface area contributed by atoms with Crippen LogP contribution in [0.15, 0.2) is 23.1 Å². The Morgan fingerprint density at radius 2 is 1.94 bits per heavy atom. The smallest absolute Gasteiger partial charge is 0.339 e. The van der Waals surface area contributed by atoms with Gasteiger partial charge in [-0.3, -0.25) is 0 Å². The van der Waals surface area contributed by atoms with E-state index in [4.69, 9.17) is 4.74 Å². The van der Waals surface area contributed by atoms with Crippen LogP contribution in [0.25, 0.3) is 0 Å². The molecule has 18 heavy (non-hydrogen) atoms. The van der Waals surface area contributed by atoms with Crippen molar-refractivity contribution in [1.29, 1.82) is 0 Å². The summed E-state index contributed by atoms with van der Waals surface area (Å²) in [5, 5.41) is 0. The molecule has 98 valence electrons. The minimum absolute atomic E-state index is 0.327. The van der Waals surface area contributed by atoms with Gasteiger partial charge in [0, 0.05) is 4.90 Å². The minimum Gasteiger partial charge on any atom is -0.465 e. The van der Waals surface area contributed by atoms with Gasteiger partial charge in [-0.05, 0) is 30.9 Å². The standard InChI is InChI=1S/C13H16O4S/c1-4-17-13(15)10-7-6-9(12(14)16-3)8-11(10)18-5-2/h6-8H,4-5H2,1-3H3. The number of carbonyl (C=O) groups excluding carboxylic acids is 2. The van der Waals surface area contributed by atoms with E-state index >= 15 is 0 Å². The minimum atomic E-state index is -0.414. The monoisotopic (exact) mass is 268 g/mol. The fourth-order valence-electron chi connectivity index (χ4n) is 1.42. The first-order valence-corrected chi connectivity index (χ1v) is 6.64. The van der Waals surface area contributed by atoms with Crippen LogP contribution in [-0.2, 0) is 9.47 Å². The van der Waals surface area contributed by atoms with Crippen molar-refractivity contribution in [2.24, 2.45) is 0 Å². The van der Waals surface area contributed by atoms with Crippen LogP contribution in [-0.4, -0.2) is 31.4 Å². The quantitative estimate of drug-likeness (QED) is 0.607. The van der Waals surface area contributed by atoms with Crippen molar-refractivity contribution in [1.82, 2.24) is 0 Å². The van der Waals surface area contributed by atoms with E-state index in [0.29, 0.717) is 17.7 Å². The van der Waals surface area contributed by atoms with Crippen molar-refractivity contribution >= 4 is 23.7 Å². The van der Waals surface area contributed by atoms with Crippen LogP contribution in [0, 0.1) is 0 Å². The molecule has 0 aliphatic rings. The number of thioether (sulfide) groups is 1. The number of ether oxygens (including phenoxy) is 2. The second kappa shape index (κ2) is 7.06. The zero-order valence-corrected chi connectivity index (χ0v) is 11.5. The average molecular weight is 268 g/mol. The Morgan fingerprint density at radius 1 is 1.22 bits per heavy atom. The fraction of sp³-hybridized carbons (Fsp3) is 0.385. The largest absolute Gasteiger partial charge is 0.465 e. The zero-order valence-electron chi connectivity index (χ0n) is 10.7. The molecule has 4 nitrogen and oxygen atoms in total. The van der Waals surface area contributed by atoms with Crippen LogP contribution in [0.3, 0.4) is 0 Å². The fourth-order valence-corrected chi connectivity index (χ4v) is 2.25. The Kier molecular flexibility index (Phi) is 5.71. The van der Waals surface area contributed by atoms with Crippen molar-refractivity contribution in [3.8, 4) is 0 Å². The molecule has 5 heteroatoms. The van der Waals surface area contributed by atoms with Crippen LogP contribution in [0.4, 0.5) is 0 Å². The second-order valence-electron chi connectivity index (χ2n) is 3.36. The van der Waals surface area contributed by atoms with Crippen molar-refractivity contribution < 1.29 is 19.1 Å². The van der Waals surface area contributed by atoms with Gasteiger partial charge in [0.25, 0.3) is 0 Å². The van der Waals surface area contributed by atoms with E-state index in [0.717, 1.165) is 10.6 Å². The third-order valence-electron chi connectivity index (χ3n) is 2.20. The van der Waals surface area contributed by atoms with E-state index in [-0.39, 0.29) is 5.97 Å². The summed E-state index contributed by atoms with van der Waals surface area (Å²) in [6.07, 6.45) is 0. The van der Waals surface area contributed by atoms with Gasteiger partial charge in [-0.1, -0.05) is 6.92 Å². The van der Waals surface area contributed by atoms with E-state index in [2.05, 4.69) is 4.74 Å². The Morgan fingerprint density at radius 3 is 2.50 bits per heavy atom. The van der Waals surface area contributed by atoms with Gasteiger partial charge in [0.2, 0.25) is 0 Å². The molecule has 0 N–H and O–H groups in total. The van der Waals surface area contributed by atoms with Crippen molar-refractivity contribution in [2.75, 3.05) is 19.5 Å². The molecule has 0 saturated carbocycles. The predicted octanol–water partition coefficient (Wildman–Crippen LogP) is 2.76. The lowest BCUT2D eigenvalue weighted by Gasteiger charge is -2.09. The number of hydrogen-bond acceptors (Lipinski definition) is 5. The molecule has 1 rings (SSSR count). The molecule has 0 heterocycles. The highest BCUT2D eigenvalue weighted by molar-refractivity contribution is 7.99. The number of hydrogen-bond donors (Lipinski definition) is 0. The molecule has 0 amide bonds. The summed E-state index contributed by atoms with van der Waals surface area (Å²) in [7, 11) is 1.33. The molecular formula is C13H16O4S. The number of methoxy groups -OCH3 is 1. The van der Waals surface area contributed by atoms with Crippen LogP contribution in [0.1, 0.15) is 34.6 Å². The molecule has 1 aromatic rings. The molecule has 1 aromatic carbocycles. The molecule has 0 aliphatic heterocycles. The number of rotatable bonds is 5. The first kappa shape index (κ1) is 14.6. The summed E-state index contributed by atoms with van der Waals surface area (Å²) in [5.74, 6) is 0.0186. The number of carbonyl (C=O) groups is 2. The van der Waals surface area contributed by atoms with Gasteiger partial charge >= 0.3 is 11.9 Å². The molecule has 0 aromatic heterocycles. The molecular weight excluding hydrogens is 252 g/mol. The van der Waals surface area contributed by atoms with Gasteiger partial charge in [-0.25, -0.2) is 9.59 Å². The van der Waals surface area contributed by atoms with E-state index in [9.17, 15) is 9.59 Å². The van der Waals surface area contributed by atoms with Crippen molar-refractivity contribution in [3.05, 3.63) is 29.3 Å². The topological polar surface area (TPSA) is 52.6 Å². The molecule has 0 aliphatic carbocycles. The lowest BCUT2D eigenvalue weighted by Crippen LogP contribution is -2.08. The van der Waals surface area contributed by atoms with Crippen LogP contribution in [0.5, 0.6) is 0 Å². The third-order valence-corrected chi connectivity index (χ3v) is 3.14. The first-order valence-electron chi connectivity index (χ1n) is 5.66. The lowest BCUT2D eigenvalue weighted by molar-refractivity contribution is 0.0519. The SMILES string of the molecule is CCOC(=O)c1ccc(C(=O)OC)cc1SCC. The highest BCUT2D eigenvalue weighted by atomic mass is 32.2. The van der Waals surface area contributed by atoms with E-state index in [1.54, 1.807) is 25.1 Å². The average Bonchev–Trinajstić information content (AvgIpc) is 2.38. The van der Waals surface area contributed by atoms with Gasteiger partial charge in [-0.2, -0.15) is 0 Å². The Bertz CT molecular complexity index is 443. The number of esters is 2. The lowest BCUT2D eigenvalue weighted by atomic mass is 10.1. The van der Waals surface area contributed by atoms with Crippen LogP contribution < -0.4 is 0 Å². The third kappa shape index (κ3) is 3.50. The molecule has 0 radical (unpaired) electrons. The summed E-state index contributed by atoms with van der Waals surface area (Å²) < 4.78 is 9.63. The maximum atomic E-state index is 11.7. The van der Waals surface area contributed by atoms with Gasteiger partial charge < -0.3 is 9.47 Å². The van der Waals surface area contributed by atoms with Gasteiger partial charge in [0.1, 0.15) is 0 Å². The Balaban J connectivity index is 3.11. The summed E-state index contributed by atoms with van der Waals surface area (Å²) in [6.45, 7) is 4.06.